The lowest BCUT2D eigenvalue weighted by atomic mass is 9.98. The summed E-state index contributed by atoms with van der Waals surface area (Å²) in [7, 11) is 1.31. The van der Waals surface area contributed by atoms with Gasteiger partial charge in [0.15, 0.2) is 6.04 Å². The lowest BCUT2D eigenvalue weighted by Gasteiger charge is -2.27. The van der Waals surface area contributed by atoms with Crippen molar-refractivity contribution in [2.24, 2.45) is 0 Å². The fourth-order valence-electron chi connectivity index (χ4n) is 3.48. The van der Waals surface area contributed by atoms with E-state index in [9.17, 15) is 9.59 Å². The number of carbonyl (C=O) groups excluding carboxylic acids is 2. The smallest absolute Gasteiger partial charge is 0.345 e. The van der Waals surface area contributed by atoms with Crippen LogP contribution >= 0.6 is 0 Å². The van der Waals surface area contributed by atoms with Crippen LogP contribution in [0.2, 0.25) is 0 Å². The quantitative estimate of drug-likeness (QED) is 0.766. The summed E-state index contributed by atoms with van der Waals surface area (Å²) in [5.41, 5.74) is 2.36. The number of aryl methyl sites for hydroxylation is 1. The first-order valence-corrected chi connectivity index (χ1v) is 8.55. The van der Waals surface area contributed by atoms with E-state index >= 15 is 0 Å². The highest BCUT2D eigenvalue weighted by atomic mass is 16.7. The van der Waals surface area contributed by atoms with E-state index < -0.39 is 12.0 Å². The molecule has 2 aliphatic heterocycles. The topological polar surface area (TPSA) is 76.9 Å². The fourth-order valence-corrected chi connectivity index (χ4v) is 3.48. The second-order valence-electron chi connectivity index (χ2n) is 6.29. The molecule has 2 bridgehead atoms. The average molecular weight is 356 g/mol. The van der Waals surface area contributed by atoms with Crippen molar-refractivity contribution in [1.29, 1.82) is 0 Å². The van der Waals surface area contributed by atoms with Gasteiger partial charge in [-0.3, -0.25) is 9.52 Å². The van der Waals surface area contributed by atoms with Crippen LogP contribution in [-0.4, -0.2) is 45.4 Å². The summed E-state index contributed by atoms with van der Waals surface area (Å²) < 4.78 is 6.68. The van der Waals surface area contributed by atoms with Crippen molar-refractivity contribution in [3.8, 4) is 0 Å². The number of esters is 1. The van der Waals surface area contributed by atoms with E-state index in [0.717, 1.165) is 11.1 Å². The molecule has 2 aliphatic rings. The van der Waals surface area contributed by atoms with Crippen LogP contribution in [-0.2, 0) is 27.5 Å². The number of nitrogens with zero attached hydrogens (tertiary/aromatic N) is 4. The van der Waals surface area contributed by atoms with Gasteiger partial charge < -0.3 is 9.64 Å². The monoisotopic (exact) mass is 356 g/mol. The van der Waals surface area contributed by atoms with Crippen molar-refractivity contribution in [1.82, 2.24) is 19.7 Å². The van der Waals surface area contributed by atoms with Gasteiger partial charge in [0.2, 0.25) is 0 Å². The van der Waals surface area contributed by atoms with E-state index in [0.29, 0.717) is 18.8 Å². The Morgan fingerprint density at radius 1 is 1.31 bits per heavy atom. The zero-order valence-electron chi connectivity index (χ0n) is 14.7. The maximum Gasteiger partial charge on any atom is 0.345 e. The van der Waals surface area contributed by atoms with E-state index in [1.807, 2.05) is 43.5 Å². The number of amides is 2. The molecule has 1 aromatic carbocycles. The summed E-state index contributed by atoms with van der Waals surface area (Å²) in [4.78, 5) is 32.5. The number of aromatic nitrogens is 2. The maximum atomic E-state index is 12.8. The van der Waals surface area contributed by atoms with Gasteiger partial charge in [0.1, 0.15) is 18.3 Å². The number of rotatable bonds is 5. The first kappa shape index (κ1) is 16.6. The van der Waals surface area contributed by atoms with Crippen LogP contribution < -0.4 is 0 Å². The molecule has 2 unspecified atom stereocenters. The van der Waals surface area contributed by atoms with Crippen LogP contribution in [0.4, 0.5) is 4.79 Å². The molecule has 0 radical (unpaired) electrons. The standard InChI is InChI=1S/C18H20N4O4/c1-3-20-9-13-14-10-21(16(15(13)19-20)17(23)25-2)18(24)22(14)26-11-12-7-5-4-6-8-12/h4-9,14,16H,3,10-11H2,1-2H3. The highest BCUT2D eigenvalue weighted by molar-refractivity contribution is 5.87. The van der Waals surface area contributed by atoms with Crippen molar-refractivity contribution in [2.45, 2.75) is 32.2 Å². The van der Waals surface area contributed by atoms with Gasteiger partial charge in [0.05, 0.1) is 13.7 Å². The predicted octanol–water partition coefficient (Wildman–Crippen LogP) is 2.04. The molecule has 2 aromatic rings. The highest BCUT2D eigenvalue weighted by Crippen LogP contribution is 2.43. The third-order valence-corrected chi connectivity index (χ3v) is 4.80. The minimum atomic E-state index is -0.836. The zero-order chi connectivity index (χ0) is 18.3. The summed E-state index contributed by atoms with van der Waals surface area (Å²) in [6, 6.07) is 8.17. The first-order chi connectivity index (χ1) is 12.6. The van der Waals surface area contributed by atoms with Crippen LogP contribution in [0, 0.1) is 0 Å². The van der Waals surface area contributed by atoms with Gasteiger partial charge >= 0.3 is 12.0 Å². The normalized spacial score (nSPS) is 21.1. The van der Waals surface area contributed by atoms with Crippen LogP contribution in [0.5, 0.6) is 0 Å². The molecule has 1 fully saturated rings. The number of ether oxygens (including phenoxy) is 1. The van der Waals surface area contributed by atoms with E-state index in [4.69, 9.17) is 9.57 Å². The molecule has 3 heterocycles. The Morgan fingerprint density at radius 3 is 2.77 bits per heavy atom. The number of urea groups is 1. The molecule has 2 amide bonds. The Balaban J connectivity index is 1.65. The molecular formula is C18H20N4O4. The highest BCUT2D eigenvalue weighted by Gasteiger charge is 2.53. The first-order valence-electron chi connectivity index (χ1n) is 8.55. The number of hydrogen-bond donors (Lipinski definition) is 0. The van der Waals surface area contributed by atoms with Crippen LogP contribution in [0.15, 0.2) is 36.5 Å². The molecule has 1 aromatic heterocycles. The van der Waals surface area contributed by atoms with Gasteiger partial charge in [0, 0.05) is 18.3 Å². The predicted molar refractivity (Wildman–Crippen MR) is 90.6 cm³/mol. The zero-order valence-corrected chi connectivity index (χ0v) is 14.7. The Hall–Kier alpha value is -2.87. The van der Waals surface area contributed by atoms with Crippen molar-refractivity contribution in [3.63, 3.8) is 0 Å². The van der Waals surface area contributed by atoms with Gasteiger partial charge in [-0.15, -0.1) is 0 Å². The Labute approximate surface area is 150 Å². The molecule has 8 nitrogen and oxygen atoms in total. The number of methoxy groups -OCH3 is 1. The molecule has 2 atom stereocenters. The lowest BCUT2D eigenvalue weighted by molar-refractivity contribution is -0.146. The summed E-state index contributed by atoms with van der Waals surface area (Å²) in [5, 5.41) is 5.85. The number of benzene rings is 1. The van der Waals surface area contributed by atoms with E-state index in [-0.39, 0.29) is 18.7 Å². The fraction of sp³-hybridized carbons (Fsp3) is 0.389. The van der Waals surface area contributed by atoms with E-state index in [1.54, 1.807) is 4.68 Å². The number of fused-ring (bicyclic) bond motifs is 4. The Morgan fingerprint density at radius 2 is 2.08 bits per heavy atom. The number of hydroxylamine groups is 2. The number of carbonyl (C=O) groups is 2. The summed E-state index contributed by atoms with van der Waals surface area (Å²) >= 11 is 0. The van der Waals surface area contributed by atoms with Crippen molar-refractivity contribution < 1.29 is 19.2 Å². The molecule has 8 heteroatoms. The Kier molecular flexibility index (Phi) is 4.12. The molecule has 0 aliphatic carbocycles. The third-order valence-electron chi connectivity index (χ3n) is 4.80. The van der Waals surface area contributed by atoms with E-state index in [1.165, 1.54) is 17.1 Å². The van der Waals surface area contributed by atoms with Crippen molar-refractivity contribution in [2.75, 3.05) is 13.7 Å². The second-order valence-corrected chi connectivity index (χ2v) is 6.29. The van der Waals surface area contributed by atoms with Gasteiger partial charge in [-0.05, 0) is 12.5 Å². The molecule has 4 rings (SSSR count). The SMILES string of the molecule is CCn1cc2c(n1)C(C(=O)OC)N1CC2N(OCc2ccccc2)C1=O. The van der Waals surface area contributed by atoms with Crippen molar-refractivity contribution >= 4 is 12.0 Å². The lowest BCUT2D eigenvalue weighted by Crippen LogP contribution is -2.39. The van der Waals surface area contributed by atoms with Gasteiger partial charge in [-0.1, -0.05) is 30.3 Å². The molecule has 0 N–H and O–H groups in total. The van der Waals surface area contributed by atoms with Crippen molar-refractivity contribution in [3.05, 3.63) is 53.3 Å². The minimum absolute atomic E-state index is 0.275. The summed E-state index contributed by atoms with van der Waals surface area (Å²) in [6.07, 6.45) is 1.88. The average Bonchev–Trinajstić information content (AvgIpc) is 3.22. The molecular weight excluding hydrogens is 336 g/mol. The minimum Gasteiger partial charge on any atom is -0.467 e. The largest absolute Gasteiger partial charge is 0.467 e. The van der Waals surface area contributed by atoms with E-state index in [2.05, 4.69) is 5.10 Å². The Bertz CT molecular complexity index is 835. The third kappa shape index (κ3) is 2.53. The van der Waals surface area contributed by atoms with Gasteiger partial charge in [0.25, 0.3) is 0 Å². The van der Waals surface area contributed by atoms with Crippen LogP contribution in [0.25, 0.3) is 0 Å². The molecule has 26 heavy (non-hydrogen) atoms. The number of hydrogen-bond acceptors (Lipinski definition) is 5. The maximum absolute atomic E-state index is 12.8. The van der Waals surface area contributed by atoms with Crippen LogP contribution in [0.1, 0.15) is 35.8 Å². The van der Waals surface area contributed by atoms with Gasteiger partial charge in [-0.2, -0.15) is 10.2 Å². The molecule has 0 spiro atoms. The molecule has 1 saturated heterocycles. The molecule has 0 saturated carbocycles. The van der Waals surface area contributed by atoms with Gasteiger partial charge in [-0.25, -0.2) is 9.59 Å². The molecule has 136 valence electrons. The summed E-state index contributed by atoms with van der Waals surface area (Å²) in [5.74, 6) is -0.496. The summed E-state index contributed by atoms with van der Waals surface area (Å²) in [6.45, 7) is 3.29. The second kappa shape index (κ2) is 6.45. The van der Waals surface area contributed by atoms with Crippen LogP contribution in [0.3, 0.4) is 0 Å².